The molecule has 0 spiro atoms. The van der Waals surface area contributed by atoms with E-state index >= 15 is 0 Å². The second-order valence-electron chi connectivity index (χ2n) is 3.77. The quantitative estimate of drug-likeness (QED) is 0.851. The minimum absolute atomic E-state index is 0.128. The van der Waals surface area contributed by atoms with Crippen LogP contribution in [0, 0.1) is 5.82 Å². The van der Waals surface area contributed by atoms with Gasteiger partial charge in [0, 0.05) is 33.6 Å². The second kappa shape index (κ2) is 4.85. The summed E-state index contributed by atoms with van der Waals surface area (Å²) in [7, 11) is 0. The molecular formula is C11H13BrFNS. The van der Waals surface area contributed by atoms with Crippen LogP contribution in [-0.2, 0) is 0 Å². The molecule has 0 aliphatic carbocycles. The van der Waals surface area contributed by atoms with Crippen LogP contribution in [0.15, 0.2) is 22.7 Å². The van der Waals surface area contributed by atoms with Gasteiger partial charge in [0.1, 0.15) is 5.82 Å². The van der Waals surface area contributed by atoms with Crippen LogP contribution in [0.2, 0.25) is 0 Å². The Bertz CT molecular complexity index is 350. The van der Waals surface area contributed by atoms with E-state index in [-0.39, 0.29) is 11.9 Å². The minimum atomic E-state index is -0.128. The molecule has 0 radical (unpaired) electrons. The van der Waals surface area contributed by atoms with Gasteiger partial charge in [-0.1, -0.05) is 28.9 Å². The summed E-state index contributed by atoms with van der Waals surface area (Å²) in [5.74, 6) is 0.816. The van der Waals surface area contributed by atoms with E-state index in [9.17, 15) is 4.39 Å². The molecule has 2 unspecified atom stereocenters. The van der Waals surface area contributed by atoms with Crippen LogP contribution in [0.5, 0.6) is 0 Å². The monoisotopic (exact) mass is 289 g/mol. The fourth-order valence-corrected chi connectivity index (χ4v) is 3.04. The Morgan fingerprint density at radius 3 is 2.93 bits per heavy atom. The molecule has 15 heavy (non-hydrogen) atoms. The number of rotatable bonds is 1. The molecule has 2 atom stereocenters. The van der Waals surface area contributed by atoms with Gasteiger partial charge < -0.3 is 5.32 Å². The molecule has 4 heteroatoms. The largest absolute Gasteiger partial charge is 0.308 e. The molecule has 1 aliphatic heterocycles. The highest BCUT2D eigenvalue weighted by Gasteiger charge is 2.21. The number of benzene rings is 1. The number of nitrogens with one attached hydrogen (secondary N) is 1. The normalized spacial score (nSPS) is 26.6. The molecule has 1 fully saturated rings. The Kier molecular flexibility index (Phi) is 3.69. The van der Waals surface area contributed by atoms with Gasteiger partial charge in [0.15, 0.2) is 0 Å². The van der Waals surface area contributed by atoms with Crippen molar-refractivity contribution in [3.63, 3.8) is 0 Å². The van der Waals surface area contributed by atoms with E-state index in [1.165, 1.54) is 6.07 Å². The lowest BCUT2D eigenvalue weighted by Crippen LogP contribution is -2.35. The zero-order valence-electron chi connectivity index (χ0n) is 8.47. The van der Waals surface area contributed by atoms with Crippen molar-refractivity contribution >= 4 is 27.7 Å². The molecule has 1 saturated heterocycles. The maximum atomic E-state index is 13.7. The molecule has 1 N–H and O–H groups in total. The van der Waals surface area contributed by atoms with Gasteiger partial charge in [-0.25, -0.2) is 4.39 Å². The first-order valence-corrected chi connectivity index (χ1v) is 6.81. The summed E-state index contributed by atoms with van der Waals surface area (Å²) in [6, 6.07) is 5.43. The van der Waals surface area contributed by atoms with Crippen molar-refractivity contribution in [2.45, 2.75) is 18.2 Å². The Morgan fingerprint density at radius 1 is 1.53 bits per heavy atom. The first-order valence-electron chi connectivity index (χ1n) is 4.97. The van der Waals surface area contributed by atoms with Crippen molar-refractivity contribution in [1.82, 2.24) is 5.32 Å². The van der Waals surface area contributed by atoms with Gasteiger partial charge in [0.25, 0.3) is 0 Å². The summed E-state index contributed by atoms with van der Waals surface area (Å²) in [5.41, 5.74) is 0.776. The molecule has 1 aromatic carbocycles. The zero-order valence-corrected chi connectivity index (χ0v) is 10.9. The predicted molar refractivity (Wildman–Crippen MR) is 66.8 cm³/mol. The predicted octanol–water partition coefficient (Wildman–Crippen LogP) is 3.35. The third-order valence-electron chi connectivity index (χ3n) is 2.54. The van der Waals surface area contributed by atoms with Crippen molar-refractivity contribution in [2.75, 3.05) is 12.3 Å². The van der Waals surface area contributed by atoms with Crippen LogP contribution in [0.25, 0.3) is 0 Å². The Morgan fingerprint density at radius 2 is 2.33 bits per heavy atom. The highest BCUT2D eigenvalue weighted by atomic mass is 79.9. The standard InChI is InChI=1S/C11H13BrFNS/c1-7-5-14-11(6-15-7)9-3-2-8(12)4-10(9)13/h2-4,7,11,14H,5-6H2,1H3. The van der Waals surface area contributed by atoms with E-state index in [2.05, 4.69) is 28.2 Å². The van der Waals surface area contributed by atoms with Gasteiger partial charge in [0.2, 0.25) is 0 Å². The molecule has 1 aromatic rings. The van der Waals surface area contributed by atoms with E-state index in [4.69, 9.17) is 0 Å². The van der Waals surface area contributed by atoms with Crippen molar-refractivity contribution in [2.24, 2.45) is 0 Å². The lowest BCUT2D eigenvalue weighted by atomic mass is 10.1. The van der Waals surface area contributed by atoms with Gasteiger partial charge in [0.05, 0.1) is 0 Å². The first kappa shape index (κ1) is 11.4. The summed E-state index contributed by atoms with van der Waals surface area (Å²) in [6.45, 7) is 3.14. The fraction of sp³-hybridized carbons (Fsp3) is 0.455. The van der Waals surface area contributed by atoms with E-state index < -0.39 is 0 Å². The summed E-state index contributed by atoms with van der Waals surface area (Å²) < 4.78 is 14.4. The first-order chi connectivity index (χ1) is 7.16. The number of hydrogen-bond donors (Lipinski definition) is 1. The summed E-state index contributed by atoms with van der Waals surface area (Å²) in [4.78, 5) is 0. The molecular weight excluding hydrogens is 277 g/mol. The van der Waals surface area contributed by atoms with Crippen molar-refractivity contribution in [3.8, 4) is 0 Å². The molecule has 2 rings (SSSR count). The smallest absolute Gasteiger partial charge is 0.129 e. The minimum Gasteiger partial charge on any atom is -0.308 e. The third-order valence-corrected chi connectivity index (χ3v) is 4.29. The average Bonchev–Trinajstić information content (AvgIpc) is 2.20. The molecule has 0 saturated carbocycles. The van der Waals surface area contributed by atoms with Crippen molar-refractivity contribution < 1.29 is 4.39 Å². The third kappa shape index (κ3) is 2.74. The Hall–Kier alpha value is -0.0600. The van der Waals surface area contributed by atoms with Crippen LogP contribution in [0.4, 0.5) is 4.39 Å². The van der Waals surface area contributed by atoms with E-state index in [0.717, 1.165) is 22.3 Å². The Balaban J connectivity index is 2.15. The molecule has 0 aromatic heterocycles. The van der Waals surface area contributed by atoms with Crippen molar-refractivity contribution in [3.05, 3.63) is 34.1 Å². The van der Waals surface area contributed by atoms with Crippen LogP contribution in [0.1, 0.15) is 18.5 Å². The van der Waals surface area contributed by atoms with Crippen LogP contribution in [-0.4, -0.2) is 17.5 Å². The maximum absolute atomic E-state index is 13.7. The second-order valence-corrected chi connectivity index (χ2v) is 6.16. The van der Waals surface area contributed by atoms with Crippen LogP contribution >= 0.6 is 27.7 Å². The topological polar surface area (TPSA) is 12.0 Å². The molecule has 1 aliphatic rings. The Labute approximate surface area is 102 Å². The zero-order chi connectivity index (χ0) is 10.8. The molecule has 0 bridgehead atoms. The SMILES string of the molecule is CC1CNC(c2ccc(Br)cc2F)CS1. The van der Waals surface area contributed by atoms with Crippen LogP contribution in [0.3, 0.4) is 0 Å². The number of halogens is 2. The molecule has 0 amide bonds. The average molecular weight is 290 g/mol. The summed E-state index contributed by atoms with van der Waals surface area (Å²) >= 11 is 5.16. The molecule has 1 nitrogen and oxygen atoms in total. The van der Waals surface area contributed by atoms with E-state index in [0.29, 0.717) is 5.25 Å². The van der Waals surface area contributed by atoms with Gasteiger partial charge in [-0.2, -0.15) is 11.8 Å². The van der Waals surface area contributed by atoms with Gasteiger partial charge in [-0.3, -0.25) is 0 Å². The van der Waals surface area contributed by atoms with Gasteiger partial charge in [-0.15, -0.1) is 0 Å². The summed E-state index contributed by atoms with van der Waals surface area (Å²) in [5, 5.41) is 3.99. The lowest BCUT2D eigenvalue weighted by molar-refractivity contribution is 0.523. The highest BCUT2D eigenvalue weighted by Crippen LogP contribution is 2.28. The van der Waals surface area contributed by atoms with Crippen molar-refractivity contribution in [1.29, 1.82) is 0 Å². The number of hydrogen-bond acceptors (Lipinski definition) is 2. The lowest BCUT2D eigenvalue weighted by Gasteiger charge is -2.28. The van der Waals surface area contributed by atoms with E-state index in [1.807, 2.05) is 23.9 Å². The van der Waals surface area contributed by atoms with Crippen LogP contribution < -0.4 is 5.32 Å². The number of thioether (sulfide) groups is 1. The highest BCUT2D eigenvalue weighted by molar-refractivity contribution is 9.10. The van der Waals surface area contributed by atoms with E-state index in [1.54, 1.807) is 0 Å². The van der Waals surface area contributed by atoms with Gasteiger partial charge in [-0.05, 0) is 12.1 Å². The maximum Gasteiger partial charge on any atom is 0.129 e. The molecule has 82 valence electrons. The molecule has 1 heterocycles. The van der Waals surface area contributed by atoms with Gasteiger partial charge >= 0.3 is 0 Å². The summed E-state index contributed by atoms with van der Waals surface area (Å²) in [6.07, 6.45) is 0. The fourth-order valence-electron chi connectivity index (χ4n) is 1.67.